The fourth-order valence-electron chi connectivity index (χ4n) is 2.48. The number of ether oxygens (including phenoxy) is 2. The van der Waals surface area contributed by atoms with Gasteiger partial charge >= 0.3 is 5.97 Å². The first-order valence-corrected chi connectivity index (χ1v) is 6.74. The Morgan fingerprint density at radius 1 is 1.67 bits per heavy atom. The Morgan fingerprint density at radius 3 is 3.00 bits per heavy atom. The van der Waals surface area contributed by atoms with Crippen molar-refractivity contribution >= 4 is 17.5 Å². The van der Waals surface area contributed by atoms with Crippen molar-refractivity contribution in [2.75, 3.05) is 37.4 Å². The van der Waals surface area contributed by atoms with Crippen LogP contribution in [-0.2, 0) is 9.47 Å². The molecule has 2 rings (SSSR count). The maximum atomic E-state index is 11.7. The van der Waals surface area contributed by atoms with Crippen LogP contribution in [0.3, 0.4) is 0 Å². The van der Waals surface area contributed by atoms with Gasteiger partial charge in [-0.3, -0.25) is 0 Å². The third kappa shape index (κ3) is 3.43. The molecule has 0 radical (unpaired) electrons. The van der Waals surface area contributed by atoms with Crippen molar-refractivity contribution in [2.45, 2.75) is 25.6 Å². The van der Waals surface area contributed by atoms with Crippen LogP contribution >= 0.6 is 0 Å². The summed E-state index contributed by atoms with van der Waals surface area (Å²) in [6.07, 6.45) is 1.15. The van der Waals surface area contributed by atoms with Gasteiger partial charge in [-0.1, -0.05) is 0 Å². The van der Waals surface area contributed by atoms with Gasteiger partial charge in [0.1, 0.15) is 5.82 Å². The highest BCUT2D eigenvalue weighted by molar-refractivity contribution is 5.95. The summed E-state index contributed by atoms with van der Waals surface area (Å²) in [5.41, 5.74) is 5.90. The number of nitrogen functional groups attached to an aromatic ring is 1. The van der Waals surface area contributed by atoms with E-state index in [4.69, 9.17) is 15.2 Å². The van der Waals surface area contributed by atoms with Crippen LogP contribution in [0.2, 0.25) is 0 Å². The van der Waals surface area contributed by atoms with Crippen molar-refractivity contribution in [3.8, 4) is 0 Å². The lowest BCUT2D eigenvalue weighted by Gasteiger charge is -2.42. The molecule has 1 atom stereocenters. The molecule has 0 amide bonds. The fourth-order valence-corrected chi connectivity index (χ4v) is 2.48. The second-order valence-electron chi connectivity index (χ2n) is 5.68. The van der Waals surface area contributed by atoms with Gasteiger partial charge in [0.05, 0.1) is 42.9 Å². The van der Waals surface area contributed by atoms with Crippen LogP contribution in [0.5, 0.6) is 0 Å². The number of morpholine rings is 1. The molecule has 0 saturated carbocycles. The maximum absolute atomic E-state index is 11.7. The number of hydrogen-bond acceptors (Lipinski definition) is 7. The lowest BCUT2D eigenvalue weighted by Crippen LogP contribution is -2.54. The molecule has 0 spiro atoms. The average molecular weight is 295 g/mol. The standard InChI is InChI=1S/C14H21N3O4/c1-14(2)8-17(6-9(7-18)21-14)12-4-10(13(19)20-3)11(15)5-16-12/h4-5,9,18H,6-8,15H2,1-3H3. The molecule has 0 aromatic carbocycles. The van der Waals surface area contributed by atoms with E-state index in [0.717, 1.165) is 0 Å². The topological polar surface area (TPSA) is 97.9 Å². The smallest absolute Gasteiger partial charge is 0.340 e. The van der Waals surface area contributed by atoms with Crippen LogP contribution in [-0.4, -0.2) is 54.6 Å². The van der Waals surface area contributed by atoms with Gasteiger partial charge in [0.2, 0.25) is 0 Å². The number of carbonyl (C=O) groups excluding carboxylic acids is 1. The summed E-state index contributed by atoms with van der Waals surface area (Å²) < 4.78 is 10.5. The van der Waals surface area contributed by atoms with E-state index in [-0.39, 0.29) is 24.0 Å². The van der Waals surface area contributed by atoms with Gasteiger partial charge in [0.15, 0.2) is 0 Å². The molecule has 1 fully saturated rings. The van der Waals surface area contributed by atoms with Crippen LogP contribution in [0.15, 0.2) is 12.3 Å². The Balaban J connectivity index is 2.30. The molecule has 3 N–H and O–H groups in total. The average Bonchev–Trinajstić information content (AvgIpc) is 2.45. The summed E-state index contributed by atoms with van der Waals surface area (Å²) in [4.78, 5) is 17.9. The Kier molecular flexibility index (Phi) is 4.34. The largest absolute Gasteiger partial charge is 0.465 e. The van der Waals surface area contributed by atoms with Gasteiger partial charge in [-0.05, 0) is 19.9 Å². The first kappa shape index (κ1) is 15.5. The summed E-state index contributed by atoms with van der Waals surface area (Å²) in [6.45, 7) is 4.91. The number of aliphatic hydroxyl groups is 1. The Hall–Kier alpha value is -1.86. The van der Waals surface area contributed by atoms with Crippen LogP contribution in [0.1, 0.15) is 24.2 Å². The lowest BCUT2D eigenvalue weighted by atomic mass is 10.0. The zero-order chi connectivity index (χ0) is 15.6. The molecule has 0 aliphatic carbocycles. The summed E-state index contributed by atoms with van der Waals surface area (Å²) >= 11 is 0. The van der Waals surface area contributed by atoms with E-state index in [2.05, 4.69) is 4.98 Å². The number of hydrogen-bond donors (Lipinski definition) is 2. The Morgan fingerprint density at radius 2 is 2.38 bits per heavy atom. The molecule has 7 nitrogen and oxygen atoms in total. The number of rotatable bonds is 3. The molecule has 1 unspecified atom stereocenters. The van der Waals surface area contributed by atoms with E-state index in [1.165, 1.54) is 13.3 Å². The predicted octanol–water partition coefficient (Wildman–Crippen LogP) is 0.426. The molecule has 7 heteroatoms. The number of methoxy groups -OCH3 is 1. The summed E-state index contributed by atoms with van der Waals surface area (Å²) in [6, 6.07) is 1.61. The van der Waals surface area contributed by atoms with Crippen molar-refractivity contribution in [3.63, 3.8) is 0 Å². The molecule has 1 saturated heterocycles. The van der Waals surface area contributed by atoms with E-state index in [0.29, 0.717) is 18.9 Å². The number of anilines is 2. The van der Waals surface area contributed by atoms with E-state index in [9.17, 15) is 9.90 Å². The summed E-state index contributed by atoms with van der Waals surface area (Å²) in [5, 5.41) is 9.35. The highest BCUT2D eigenvalue weighted by atomic mass is 16.5. The van der Waals surface area contributed by atoms with Crippen molar-refractivity contribution in [2.24, 2.45) is 0 Å². The number of aliphatic hydroxyl groups excluding tert-OH is 1. The van der Waals surface area contributed by atoms with Gasteiger partial charge in [-0.2, -0.15) is 0 Å². The monoisotopic (exact) mass is 295 g/mol. The van der Waals surface area contributed by atoms with Gasteiger partial charge < -0.3 is 25.2 Å². The van der Waals surface area contributed by atoms with Gasteiger partial charge in [0.25, 0.3) is 0 Å². The molecular weight excluding hydrogens is 274 g/mol. The number of carbonyl (C=O) groups is 1. The number of nitrogens with two attached hydrogens (primary N) is 1. The van der Waals surface area contributed by atoms with Crippen LogP contribution in [0, 0.1) is 0 Å². The van der Waals surface area contributed by atoms with Crippen LogP contribution in [0.4, 0.5) is 11.5 Å². The lowest BCUT2D eigenvalue weighted by molar-refractivity contribution is -0.101. The van der Waals surface area contributed by atoms with E-state index in [1.807, 2.05) is 18.7 Å². The zero-order valence-corrected chi connectivity index (χ0v) is 12.5. The minimum Gasteiger partial charge on any atom is -0.465 e. The quantitative estimate of drug-likeness (QED) is 0.780. The molecule has 1 aromatic rings. The van der Waals surface area contributed by atoms with Crippen LogP contribution in [0.25, 0.3) is 0 Å². The fraction of sp³-hybridized carbons (Fsp3) is 0.571. The summed E-state index contributed by atoms with van der Waals surface area (Å²) in [7, 11) is 1.31. The van der Waals surface area contributed by atoms with Crippen LogP contribution < -0.4 is 10.6 Å². The number of esters is 1. The van der Waals surface area contributed by atoms with E-state index >= 15 is 0 Å². The molecule has 1 aliphatic rings. The SMILES string of the molecule is COC(=O)c1cc(N2CC(CO)OC(C)(C)C2)ncc1N. The molecular formula is C14H21N3O4. The Bertz CT molecular complexity index is 533. The van der Waals surface area contributed by atoms with Crippen molar-refractivity contribution < 1.29 is 19.4 Å². The number of nitrogens with zero attached hydrogens (tertiary/aromatic N) is 2. The molecule has 1 aliphatic heterocycles. The highest BCUT2D eigenvalue weighted by Crippen LogP contribution is 2.26. The third-order valence-corrected chi connectivity index (χ3v) is 3.33. The summed E-state index contributed by atoms with van der Waals surface area (Å²) in [5.74, 6) is 0.113. The minimum atomic E-state index is -0.498. The van der Waals surface area contributed by atoms with E-state index < -0.39 is 11.6 Å². The minimum absolute atomic E-state index is 0.0707. The molecule has 2 heterocycles. The predicted molar refractivity (Wildman–Crippen MR) is 78.2 cm³/mol. The van der Waals surface area contributed by atoms with Gasteiger partial charge in [-0.25, -0.2) is 9.78 Å². The molecule has 1 aromatic heterocycles. The first-order valence-electron chi connectivity index (χ1n) is 6.74. The number of aromatic nitrogens is 1. The van der Waals surface area contributed by atoms with Gasteiger partial charge in [-0.15, -0.1) is 0 Å². The molecule has 21 heavy (non-hydrogen) atoms. The first-order chi connectivity index (χ1) is 9.86. The molecule has 116 valence electrons. The zero-order valence-electron chi connectivity index (χ0n) is 12.5. The molecule has 0 bridgehead atoms. The van der Waals surface area contributed by atoms with Crippen molar-refractivity contribution in [1.82, 2.24) is 4.98 Å². The third-order valence-electron chi connectivity index (χ3n) is 3.33. The second-order valence-corrected chi connectivity index (χ2v) is 5.68. The second kappa shape index (κ2) is 5.87. The van der Waals surface area contributed by atoms with E-state index in [1.54, 1.807) is 6.07 Å². The highest BCUT2D eigenvalue weighted by Gasteiger charge is 2.34. The maximum Gasteiger partial charge on any atom is 0.340 e. The van der Waals surface area contributed by atoms with Crippen molar-refractivity contribution in [3.05, 3.63) is 17.8 Å². The van der Waals surface area contributed by atoms with Gasteiger partial charge in [0, 0.05) is 13.1 Å². The number of pyridine rings is 1. The Labute approximate surface area is 123 Å². The van der Waals surface area contributed by atoms with Crippen molar-refractivity contribution in [1.29, 1.82) is 0 Å². The normalized spacial score (nSPS) is 21.1.